The molecule has 1 aromatic carbocycles. The summed E-state index contributed by atoms with van der Waals surface area (Å²) in [6.45, 7) is 0.209. The Morgan fingerprint density at radius 1 is 1.27 bits per heavy atom. The SMILES string of the molecule is Cc1cc2c(nc1-c1ccccc1)c(OCC(F)(F)F)c(C(=O)O)n2C. The van der Waals surface area contributed by atoms with Crippen LogP contribution >= 0.6 is 0 Å². The Labute approximate surface area is 146 Å². The number of carboxylic acid groups (broad SMARTS) is 1. The van der Waals surface area contributed by atoms with Crippen molar-refractivity contribution in [2.75, 3.05) is 6.61 Å². The van der Waals surface area contributed by atoms with Crippen LogP contribution in [0.2, 0.25) is 0 Å². The number of hydrogen-bond donors (Lipinski definition) is 1. The molecule has 0 aliphatic carbocycles. The third kappa shape index (κ3) is 3.22. The van der Waals surface area contributed by atoms with Crippen molar-refractivity contribution in [3.05, 3.63) is 47.7 Å². The van der Waals surface area contributed by atoms with Crippen LogP contribution in [0.3, 0.4) is 0 Å². The van der Waals surface area contributed by atoms with Gasteiger partial charge in [-0.15, -0.1) is 0 Å². The second-order valence-electron chi connectivity index (χ2n) is 5.83. The number of halogens is 3. The number of nitrogens with zero attached hydrogens (tertiary/aromatic N) is 2. The van der Waals surface area contributed by atoms with E-state index in [1.54, 1.807) is 13.0 Å². The molecule has 0 saturated carbocycles. The molecule has 0 aliphatic rings. The van der Waals surface area contributed by atoms with Gasteiger partial charge in [0.25, 0.3) is 0 Å². The Morgan fingerprint density at radius 2 is 1.92 bits per heavy atom. The predicted molar refractivity (Wildman–Crippen MR) is 89.4 cm³/mol. The molecule has 5 nitrogen and oxygen atoms in total. The number of hydrogen-bond acceptors (Lipinski definition) is 3. The summed E-state index contributed by atoms with van der Waals surface area (Å²) in [5, 5.41) is 9.42. The molecule has 2 aromatic heterocycles. The first-order valence-corrected chi connectivity index (χ1v) is 7.67. The van der Waals surface area contributed by atoms with E-state index in [4.69, 9.17) is 4.74 Å². The van der Waals surface area contributed by atoms with Crippen LogP contribution in [0.1, 0.15) is 16.1 Å². The number of carboxylic acids is 1. The summed E-state index contributed by atoms with van der Waals surface area (Å²) in [6.07, 6.45) is -4.59. The summed E-state index contributed by atoms with van der Waals surface area (Å²) >= 11 is 0. The van der Waals surface area contributed by atoms with Crippen molar-refractivity contribution in [1.29, 1.82) is 0 Å². The lowest BCUT2D eigenvalue weighted by Gasteiger charge is -2.10. The van der Waals surface area contributed by atoms with E-state index in [9.17, 15) is 23.1 Å². The third-order valence-corrected chi connectivity index (χ3v) is 3.95. The molecular weight excluding hydrogens is 349 g/mol. The lowest BCUT2D eigenvalue weighted by atomic mass is 10.1. The highest BCUT2D eigenvalue weighted by molar-refractivity contribution is 6.00. The number of pyridine rings is 1. The van der Waals surface area contributed by atoms with Crippen LogP contribution in [0.4, 0.5) is 13.2 Å². The predicted octanol–water partition coefficient (Wildman–Crippen LogP) is 4.19. The van der Waals surface area contributed by atoms with E-state index in [0.29, 0.717) is 11.2 Å². The molecule has 0 bridgehead atoms. The van der Waals surface area contributed by atoms with Crippen molar-refractivity contribution in [1.82, 2.24) is 9.55 Å². The zero-order chi connectivity index (χ0) is 19.1. The third-order valence-electron chi connectivity index (χ3n) is 3.95. The number of rotatable bonds is 4. The van der Waals surface area contributed by atoms with Gasteiger partial charge >= 0.3 is 12.1 Å². The van der Waals surface area contributed by atoms with Gasteiger partial charge in [-0.25, -0.2) is 9.78 Å². The highest BCUT2D eigenvalue weighted by Crippen LogP contribution is 2.35. The van der Waals surface area contributed by atoms with Crippen LogP contribution in [0.15, 0.2) is 36.4 Å². The van der Waals surface area contributed by atoms with Gasteiger partial charge in [0.2, 0.25) is 0 Å². The van der Waals surface area contributed by atoms with Crippen molar-refractivity contribution in [2.45, 2.75) is 13.1 Å². The van der Waals surface area contributed by atoms with Crippen molar-refractivity contribution < 1.29 is 27.8 Å². The number of aryl methyl sites for hydroxylation is 2. The number of alkyl halides is 3. The minimum absolute atomic E-state index is 0.0820. The van der Waals surface area contributed by atoms with Gasteiger partial charge in [-0.05, 0) is 18.6 Å². The number of carbonyl (C=O) groups is 1. The first-order valence-electron chi connectivity index (χ1n) is 7.67. The van der Waals surface area contributed by atoms with Gasteiger partial charge in [-0.1, -0.05) is 30.3 Å². The maximum atomic E-state index is 12.6. The molecule has 2 heterocycles. The van der Waals surface area contributed by atoms with Gasteiger partial charge in [-0.3, -0.25) is 0 Å². The largest absolute Gasteiger partial charge is 0.479 e. The van der Waals surface area contributed by atoms with Crippen LogP contribution < -0.4 is 4.74 Å². The summed E-state index contributed by atoms with van der Waals surface area (Å²) in [5.41, 5.74) is 2.19. The van der Waals surface area contributed by atoms with Gasteiger partial charge in [0.1, 0.15) is 5.52 Å². The molecule has 1 N–H and O–H groups in total. The second kappa shape index (κ2) is 6.36. The first-order chi connectivity index (χ1) is 12.2. The zero-order valence-electron chi connectivity index (χ0n) is 14.0. The Bertz CT molecular complexity index is 979. The van der Waals surface area contributed by atoms with Gasteiger partial charge in [0.05, 0.1) is 11.2 Å². The number of fused-ring (bicyclic) bond motifs is 1. The van der Waals surface area contributed by atoms with Gasteiger partial charge in [-0.2, -0.15) is 13.2 Å². The molecule has 0 fully saturated rings. The zero-order valence-corrected chi connectivity index (χ0v) is 14.0. The monoisotopic (exact) mass is 364 g/mol. The molecule has 26 heavy (non-hydrogen) atoms. The smallest absolute Gasteiger partial charge is 0.422 e. The second-order valence-corrected chi connectivity index (χ2v) is 5.83. The van der Waals surface area contributed by atoms with E-state index < -0.39 is 18.8 Å². The Balaban J connectivity index is 2.25. The molecule has 0 aliphatic heterocycles. The minimum atomic E-state index is -4.59. The van der Waals surface area contributed by atoms with E-state index in [2.05, 4.69) is 4.98 Å². The van der Waals surface area contributed by atoms with E-state index in [1.807, 2.05) is 30.3 Å². The van der Waals surface area contributed by atoms with E-state index in [-0.39, 0.29) is 17.0 Å². The summed E-state index contributed by atoms with van der Waals surface area (Å²) in [6, 6.07) is 10.8. The number of ether oxygens (including phenoxy) is 1. The van der Waals surface area contributed by atoms with E-state index >= 15 is 0 Å². The van der Waals surface area contributed by atoms with E-state index in [0.717, 1.165) is 11.1 Å². The fourth-order valence-corrected chi connectivity index (χ4v) is 2.83. The summed E-state index contributed by atoms with van der Waals surface area (Å²) in [4.78, 5) is 16.0. The van der Waals surface area contributed by atoms with Crippen LogP contribution in [0.5, 0.6) is 5.75 Å². The summed E-state index contributed by atoms with van der Waals surface area (Å²) in [7, 11) is 1.45. The van der Waals surface area contributed by atoms with Crippen LogP contribution in [-0.4, -0.2) is 33.4 Å². The van der Waals surface area contributed by atoms with Crippen molar-refractivity contribution in [3.8, 4) is 17.0 Å². The standard InChI is InChI=1S/C18H15F3N2O3/c1-10-8-12-14(22-13(10)11-6-4-3-5-7-11)16(26-9-18(19,20)21)15(17(24)25)23(12)2/h3-8H,9H2,1-2H3,(H,24,25). The Kier molecular flexibility index (Phi) is 4.35. The molecule has 136 valence electrons. The molecular formula is C18H15F3N2O3. The fraction of sp³-hybridized carbons (Fsp3) is 0.222. The highest BCUT2D eigenvalue weighted by Gasteiger charge is 2.32. The highest BCUT2D eigenvalue weighted by atomic mass is 19.4. The quantitative estimate of drug-likeness (QED) is 0.754. The lowest BCUT2D eigenvalue weighted by molar-refractivity contribution is -0.153. The Morgan fingerprint density at radius 3 is 2.50 bits per heavy atom. The van der Waals surface area contributed by atoms with Crippen molar-refractivity contribution in [2.24, 2.45) is 7.05 Å². The Hall–Kier alpha value is -3.03. The van der Waals surface area contributed by atoms with Crippen LogP contribution in [-0.2, 0) is 7.05 Å². The van der Waals surface area contributed by atoms with Gasteiger partial charge in [0.15, 0.2) is 18.1 Å². The minimum Gasteiger partial charge on any atom is -0.479 e. The molecule has 3 rings (SSSR count). The summed E-state index contributed by atoms with van der Waals surface area (Å²) < 4.78 is 43.9. The average Bonchev–Trinajstić information content (AvgIpc) is 2.84. The molecule has 0 atom stereocenters. The maximum absolute atomic E-state index is 12.6. The van der Waals surface area contributed by atoms with Crippen molar-refractivity contribution >= 4 is 17.0 Å². The van der Waals surface area contributed by atoms with Crippen LogP contribution in [0, 0.1) is 6.92 Å². The number of aromatic carboxylic acids is 1. The van der Waals surface area contributed by atoms with Gasteiger partial charge < -0.3 is 14.4 Å². The molecule has 0 spiro atoms. The number of benzene rings is 1. The molecule has 0 amide bonds. The topological polar surface area (TPSA) is 64.3 Å². The number of aromatic nitrogens is 2. The fourth-order valence-electron chi connectivity index (χ4n) is 2.83. The maximum Gasteiger partial charge on any atom is 0.422 e. The summed E-state index contributed by atoms with van der Waals surface area (Å²) in [5.74, 6) is -1.77. The van der Waals surface area contributed by atoms with Crippen LogP contribution in [0.25, 0.3) is 22.3 Å². The molecule has 0 unspecified atom stereocenters. The molecule has 0 radical (unpaired) electrons. The van der Waals surface area contributed by atoms with Gasteiger partial charge in [0, 0.05) is 12.6 Å². The average molecular weight is 364 g/mol. The van der Waals surface area contributed by atoms with Crippen molar-refractivity contribution in [3.63, 3.8) is 0 Å². The first kappa shape index (κ1) is 17.8. The lowest BCUT2D eigenvalue weighted by Crippen LogP contribution is -2.20. The van der Waals surface area contributed by atoms with E-state index in [1.165, 1.54) is 11.6 Å². The normalized spacial score (nSPS) is 11.7. The molecule has 8 heteroatoms. The molecule has 0 saturated heterocycles. The molecule has 3 aromatic rings.